The predicted molar refractivity (Wildman–Crippen MR) is 95.5 cm³/mol. The minimum Gasteiger partial charge on any atom is -0.328 e. The summed E-state index contributed by atoms with van der Waals surface area (Å²) in [5, 5.41) is 14.5. The normalized spacial score (nSPS) is 20.5. The maximum atomic E-state index is 12.7. The Hall–Kier alpha value is -1.99. The van der Waals surface area contributed by atoms with Gasteiger partial charge in [-0.3, -0.25) is 19.8 Å². The van der Waals surface area contributed by atoms with Crippen LogP contribution in [0, 0.1) is 10.1 Å². The summed E-state index contributed by atoms with van der Waals surface area (Å²) in [5.41, 5.74) is 0.631. The zero-order valence-electron chi connectivity index (χ0n) is 12.8. The van der Waals surface area contributed by atoms with E-state index in [0.717, 1.165) is 25.7 Å². The van der Waals surface area contributed by atoms with Crippen molar-refractivity contribution in [1.82, 2.24) is 10.2 Å². The number of nitro groups is 1. The molecular weight excluding hydrogens is 350 g/mol. The fourth-order valence-electron chi connectivity index (χ4n) is 3.13. The van der Waals surface area contributed by atoms with Crippen molar-refractivity contribution < 1.29 is 9.72 Å². The Bertz CT molecular complexity index is 744. The van der Waals surface area contributed by atoms with E-state index in [2.05, 4.69) is 5.32 Å². The Morgan fingerprint density at radius 1 is 1.33 bits per heavy atom. The molecule has 1 amide bonds. The molecule has 2 aliphatic rings. The van der Waals surface area contributed by atoms with E-state index < -0.39 is 4.92 Å². The highest BCUT2D eigenvalue weighted by Gasteiger charge is 2.36. The third-order valence-corrected chi connectivity index (χ3v) is 4.98. The van der Waals surface area contributed by atoms with Gasteiger partial charge in [-0.15, -0.1) is 0 Å². The number of halogens is 1. The molecule has 1 saturated heterocycles. The molecule has 0 spiro atoms. The molecule has 6 nitrogen and oxygen atoms in total. The number of rotatable bonds is 3. The van der Waals surface area contributed by atoms with Crippen LogP contribution in [0.5, 0.6) is 0 Å². The number of thiocarbonyl (C=S) groups is 1. The summed E-state index contributed by atoms with van der Waals surface area (Å²) in [7, 11) is 0. The molecule has 24 heavy (non-hydrogen) atoms. The Morgan fingerprint density at radius 2 is 2.04 bits per heavy atom. The minimum absolute atomic E-state index is 0.0802. The molecule has 1 aliphatic carbocycles. The molecule has 1 heterocycles. The number of hydrogen-bond donors (Lipinski definition) is 1. The van der Waals surface area contributed by atoms with Gasteiger partial charge < -0.3 is 5.32 Å². The van der Waals surface area contributed by atoms with Gasteiger partial charge in [0.15, 0.2) is 5.11 Å². The van der Waals surface area contributed by atoms with E-state index >= 15 is 0 Å². The van der Waals surface area contributed by atoms with Gasteiger partial charge in [-0.2, -0.15) is 0 Å². The smallest absolute Gasteiger partial charge is 0.276 e. The lowest BCUT2D eigenvalue weighted by Crippen LogP contribution is -2.41. The van der Waals surface area contributed by atoms with Crippen molar-refractivity contribution in [3.63, 3.8) is 0 Å². The monoisotopic (exact) mass is 365 g/mol. The van der Waals surface area contributed by atoms with Gasteiger partial charge in [0.1, 0.15) is 5.70 Å². The van der Waals surface area contributed by atoms with E-state index in [1.807, 2.05) is 0 Å². The second-order valence-electron chi connectivity index (χ2n) is 5.92. The lowest BCUT2D eigenvalue weighted by molar-refractivity contribution is -0.384. The Morgan fingerprint density at radius 3 is 2.71 bits per heavy atom. The molecule has 0 radical (unpaired) electrons. The summed E-state index contributed by atoms with van der Waals surface area (Å²) < 4.78 is 0. The van der Waals surface area contributed by atoms with Crippen LogP contribution in [0.3, 0.4) is 0 Å². The maximum absolute atomic E-state index is 12.7. The molecule has 2 fully saturated rings. The quantitative estimate of drug-likeness (QED) is 0.383. The number of amides is 1. The fourth-order valence-corrected chi connectivity index (χ4v) is 3.64. The first-order valence-corrected chi connectivity index (χ1v) is 8.56. The molecule has 1 N–H and O–H groups in total. The molecule has 1 saturated carbocycles. The summed E-state index contributed by atoms with van der Waals surface area (Å²) >= 11 is 11.4. The average Bonchev–Trinajstić information content (AvgIpc) is 2.84. The highest BCUT2D eigenvalue weighted by Crippen LogP contribution is 2.29. The maximum Gasteiger partial charge on any atom is 0.276 e. The van der Waals surface area contributed by atoms with Gasteiger partial charge in [-0.25, -0.2) is 0 Å². The van der Waals surface area contributed by atoms with Crippen LogP contribution in [0.25, 0.3) is 6.08 Å². The van der Waals surface area contributed by atoms with Gasteiger partial charge in [0.2, 0.25) is 0 Å². The third-order valence-electron chi connectivity index (χ3n) is 4.34. The lowest BCUT2D eigenvalue weighted by atomic mass is 9.94. The van der Waals surface area contributed by atoms with Crippen LogP contribution in [-0.4, -0.2) is 26.9 Å². The molecule has 1 aromatic rings. The lowest BCUT2D eigenvalue weighted by Gasteiger charge is -2.29. The molecular formula is C16H16ClN3O3S. The number of carbonyl (C=O) groups is 1. The van der Waals surface area contributed by atoms with Crippen LogP contribution in [-0.2, 0) is 4.79 Å². The van der Waals surface area contributed by atoms with Gasteiger partial charge in [-0.05, 0) is 37.2 Å². The molecule has 8 heteroatoms. The van der Waals surface area contributed by atoms with Crippen LogP contribution < -0.4 is 5.32 Å². The van der Waals surface area contributed by atoms with Crippen LogP contribution in [0.4, 0.5) is 5.69 Å². The van der Waals surface area contributed by atoms with Crippen molar-refractivity contribution in [2.45, 2.75) is 38.1 Å². The van der Waals surface area contributed by atoms with E-state index in [1.165, 1.54) is 30.7 Å². The van der Waals surface area contributed by atoms with E-state index in [-0.39, 0.29) is 17.6 Å². The topological polar surface area (TPSA) is 75.5 Å². The number of non-ortho nitro benzene ring substituents is 1. The van der Waals surface area contributed by atoms with Gasteiger partial charge in [0, 0.05) is 28.8 Å². The Balaban J connectivity index is 1.89. The Kier molecular flexibility index (Phi) is 4.82. The summed E-state index contributed by atoms with van der Waals surface area (Å²) in [6, 6.07) is 4.24. The van der Waals surface area contributed by atoms with Crippen LogP contribution in [0.2, 0.25) is 5.02 Å². The van der Waals surface area contributed by atoms with Gasteiger partial charge in [0.05, 0.1) is 4.92 Å². The number of hydrogen-bond acceptors (Lipinski definition) is 4. The predicted octanol–water partition coefficient (Wildman–Crippen LogP) is 3.64. The minimum atomic E-state index is -0.499. The molecule has 0 unspecified atom stereocenters. The van der Waals surface area contributed by atoms with E-state index in [4.69, 9.17) is 23.8 Å². The number of carbonyl (C=O) groups excluding carboxylic acids is 1. The fraction of sp³-hybridized carbons (Fsp3) is 0.375. The van der Waals surface area contributed by atoms with Crippen LogP contribution >= 0.6 is 23.8 Å². The summed E-state index contributed by atoms with van der Waals surface area (Å²) in [5.74, 6) is -0.200. The number of nitro benzene ring substituents is 1. The second-order valence-corrected chi connectivity index (χ2v) is 6.71. The summed E-state index contributed by atoms with van der Waals surface area (Å²) in [6.07, 6.45) is 6.77. The molecule has 0 aromatic heterocycles. The zero-order valence-corrected chi connectivity index (χ0v) is 14.4. The van der Waals surface area contributed by atoms with Crippen LogP contribution in [0.1, 0.15) is 37.7 Å². The van der Waals surface area contributed by atoms with E-state index in [1.54, 1.807) is 4.90 Å². The highest BCUT2D eigenvalue weighted by molar-refractivity contribution is 7.80. The molecule has 0 atom stereocenters. The first-order chi connectivity index (χ1) is 11.5. The average molecular weight is 366 g/mol. The van der Waals surface area contributed by atoms with Crippen molar-refractivity contribution in [3.8, 4) is 0 Å². The molecule has 126 valence electrons. The third kappa shape index (κ3) is 3.27. The molecule has 1 aliphatic heterocycles. The SMILES string of the molecule is O=C1/C(=C\c2cc([N+](=O)[O-])ccc2Cl)NC(=S)N1C1CCCCC1. The molecule has 0 bridgehead atoms. The van der Waals surface area contributed by atoms with Crippen molar-refractivity contribution in [3.05, 3.63) is 44.6 Å². The van der Waals surface area contributed by atoms with Crippen molar-refractivity contribution in [2.75, 3.05) is 0 Å². The standard InChI is InChI=1S/C16H16ClN3O3S/c17-13-7-6-12(20(22)23)8-10(13)9-14-15(21)19(16(24)18-14)11-4-2-1-3-5-11/h6-9,11H,1-5H2,(H,18,24)/b14-9+. The zero-order chi connectivity index (χ0) is 17.3. The molecule has 3 rings (SSSR count). The number of nitrogens with one attached hydrogen (secondary N) is 1. The highest BCUT2D eigenvalue weighted by atomic mass is 35.5. The van der Waals surface area contributed by atoms with Crippen molar-refractivity contribution in [2.24, 2.45) is 0 Å². The van der Waals surface area contributed by atoms with E-state index in [9.17, 15) is 14.9 Å². The van der Waals surface area contributed by atoms with Crippen LogP contribution in [0.15, 0.2) is 23.9 Å². The van der Waals surface area contributed by atoms with Crippen molar-refractivity contribution >= 4 is 46.6 Å². The Labute approximate surface area is 149 Å². The first-order valence-electron chi connectivity index (χ1n) is 7.77. The first kappa shape index (κ1) is 16.9. The number of benzene rings is 1. The van der Waals surface area contributed by atoms with E-state index in [0.29, 0.717) is 21.4 Å². The van der Waals surface area contributed by atoms with Gasteiger partial charge >= 0.3 is 0 Å². The second kappa shape index (κ2) is 6.86. The van der Waals surface area contributed by atoms with Gasteiger partial charge in [-0.1, -0.05) is 30.9 Å². The van der Waals surface area contributed by atoms with Crippen molar-refractivity contribution in [1.29, 1.82) is 0 Å². The largest absolute Gasteiger partial charge is 0.328 e. The molecule has 1 aromatic carbocycles. The number of nitrogens with zero attached hydrogens (tertiary/aromatic N) is 2. The summed E-state index contributed by atoms with van der Waals surface area (Å²) in [6.45, 7) is 0. The summed E-state index contributed by atoms with van der Waals surface area (Å²) in [4.78, 5) is 24.7. The van der Waals surface area contributed by atoms with Gasteiger partial charge in [0.25, 0.3) is 11.6 Å².